The van der Waals surface area contributed by atoms with E-state index in [-0.39, 0.29) is 5.91 Å². The number of anilines is 1. The molecular weight excluding hydrogens is 372 g/mol. The van der Waals surface area contributed by atoms with E-state index in [0.29, 0.717) is 43.7 Å². The number of piperazine rings is 1. The minimum absolute atomic E-state index is 0.0860. The minimum atomic E-state index is 0.0860. The number of amides is 1. The Hall–Kier alpha value is -3.49. The van der Waals surface area contributed by atoms with Crippen LogP contribution in [0, 0.1) is 0 Å². The molecule has 1 saturated heterocycles. The fourth-order valence-corrected chi connectivity index (χ4v) is 3.19. The summed E-state index contributed by atoms with van der Waals surface area (Å²) >= 11 is 0. The van der Waals surface area contributed by atoms with Crippen molar-refractivity contribution in [2.24, 2.45) is 0 Å². The lowest BCUT2D eigenvalue weighted by molar-refractivity contribution is -0.131. The topological polar surface area (TPSA) is 97.5 Å². The van der Waals surface area contributed by atoms with Crippen molar-refractivity contribution in [1.29, 1.82) is 0 Å². The molecule has 0 unspecified atom stereocenters. The number of hydrogen-bond donors (Lipinski definition) is 0. The Kier molecular flexibility index (Phi) is 5.64. The van der Waals surface area contributed by atoms with Gasteiger partial charge in [-0.05, 0) is 30.3 Å². The van der Waals surface area contributed by atoms with E-state index in [1.54, 1.807) is 25.6 Å². The molecule has 2 aromatic heterocycles. The smallest absolute Gasteiger partial charge is 0.247 e. The first kappa shape index (κ1) is 18.9. The van der Waals surface area contributed by atoms with Gasteiger partial charge in [-0.2, -0.15) is 0 Å². The van der Waals surface area contributed by atoms with Gasteiger partial charge in [0.15, 0.2) is 0 Å². The number of rotatable bonds is 6. The number of ether oxygens (including phenoxy) is 1. The van der Waals surface area contributed by atoms with Crippen molar-refractivity contribution in [2.75, 3.05) is 38.2 Å². The van der Waals surface area contributed by atoms with Crippen molar-refractivity contribution >= 4 is 11.9 Å². The van der Waals surface area contributed by atoms with Crippen LogP contribution in [-0.2, 0) is 11.2 Å². The first-order valence-corrected chi connectivity index (χ1v) is 9.49. The van der Waals surface area contributed by atoms with Crippen LogP contribution in [0.25, 0.3) is 11.5 Å². The molecule has 0 radical (unpaired) electrons. The largest absolute Gasteiger partial charge is 0.497 e. The lowest BCUT2D eigenvalue weighted by Crippen LogP contribution is -2.49. The molecule has 1 aliphatic heterocycles. The number of methoxy groups -OCH3 is 1. The van der Waals surface area contributed by atoms with Crippen molar-refractivity contribution in [2.45, 2.75) is 12.8 Å². The Balaban J connectivity index is 1.27. The van der Waals surface area contributed by atoms with Crippen molar-refractivity contribution in [1.82, 2.24) is 25.1 Å². The SMILES string of the molecule is COc1ccc(-c2nnc(CCC(=O)N3CCN(c4ncccn4)CC3)o2)cc1. The summed E-state index contributed by atoms with van der Waals surface area (Å²) in [6.45, 7) is 2.74. The fraction of sp³-hybridized carbons (Fsp3) is 0.350. The second kappa shape index (κ2) is 8.68. The molecule has 9 nitrogen and oxygen atoms in total. The third-order valence-electron chi connectivity index (χ3n) is 4.82. The number of nitrogens with zero attached hydrogens (tertiary/aromatic N) is 6. The lowest BCUT2D eigenvalue weighted by atomic mass is 10.2. The molecular formula is C20H22N6O3. The molecule has 0 N–H and O–H groups in total. The average molecular weight is 394 g/mol. The van der Waals surface area contributed by atoms with Crippen LogP contribution in [0.2, 0.25) is 0 Å². The molecule has 1 fully saturated rings. The van der Waals surface area contributed by atoms with Gasteiger partial charge in [0.2, 0.25) is 23.6 Å². The summed E-state index contributed by atoms with van der Waals surface area (Å²) in [7, 11) is 1.62. The van der Waals surface area contributed by atoms with Crippen LogP contribution < -0.4 is 9.64 Å². The lowest BCUT2D eigenvalue weighted by Gasteiger charge is -2.34. The van der Waals surface area contributed by atoms with Gasteiger partial charge in [0, 0.05) is 57.0 Å². The Morgan fingerprint density at radius 2 is 1.79 bits per heavy atom. The van der Waals surface area contributed by atoms with E-state index in [1.165, 1.54) is 0 Å². The van der Waals surface area contributed by atoms with Crippen LogP contribution in [0.3, 0.4) is 0 Å². The van der Waals surface area contributed by atoms with Gasteiger partial charge >= 0.3 is 0 Å². The minimum Gasteiger partial charge on any atom is -0.497 e. The number of aryl methyl sites for hydroxylation is 1. The molecule has 1 amide bonds. The Bertz CT molecular complexity index is 936. The van der Waals surface area contributed by atoms with Gasteiger partial charge in [-0.15, -0.1) is 10.2 Å². The molecule has 1 aromatic carbocycles. The molecule has 0 bridgehead atoms. The standard InChI is InChI=1S/C20H22N6O3/c1-28-16-5-3-15(4-6-16)19-24-23-17(29-19)7-8-18(27)25-11-13-26(14-12-25)20-21-9-2-10-22-20/h2-6,9-10H,7-8,11-14H2,1H3. The van der Waals surface area contributed by atoms with E-state index < -0.39 is 0 Å². The van der Waals surface area contributed by atoms with E-state index in [2.05, 4.69) is 25.1 Å². The normalized spacial score (nSPS) is 14.1. The maximum absolute atomic E-state index is 12.5. The number of benzene rings is 1. The maximum atomic E-state index is 12.5. The Morgan fingerprint density at radius 1 is 1.07 bits per heavy atom. The van der Waals surface area contributed by atoms with E-state index in [1.807, 2.05) is 29.2 Å². The number of carbonyl (C=O) groups is 1. The maximum Gasteiger partial charge on any atom is 0.247 e. The summed E-state index contributed by atoms with van der Waals surface area (Å²) in [6, 6.07) is 9.18. The molecule has 3 aromatic rings. The summed E-state index contributed by atoms with van der Waals surface area (Å²) in [5, 5.41) is 8.13. The van der Waals surface area contributed by atoms with Gasteiger partial charge < -0.3 is 19.0 Å². The molecule has 1 aliphatic rings. The van der Waals surface area contributed by atoms with Gasteiger partial charge in [0.1, 0.15) is 5.75 Å². The van der Waals surface area contributed by atoms with Crippen molar-refractivity contribution in [3.05, 3.63) is 48.6 Å². The van der Waals surface area contributed by atoms with Gasteiger partial charge in [0.25, 0.3) is 0 Å². The number of hydrogen-bond acceptors (Lipinski definition) is 8. The molecule has 0 spiro atoms. The Morgan fingerprint density at radius 3 is 2.48 bits per heavy atom. The van der Waals surface area contributed by atoms with E-state index >= 15 is 0 Å². The monoisotopic (exact) mass is 394 g/mol. The highest BCUT2D eigenvalue weighted by molar-refractivity contribution is 5.76. The zero-order valence-electron chi connectivity index (χ0n) is 16.2. The van der Waals surface area contributed by atoms with Crippen molar-refractivity contribution in [3.8, 4) is 17.2 Å². The number of carbonyl (C=O) groups excluding carboxylic acids is 1. The Labute approximate surface area is 168 Å². The quantitative estimate of drug-likeness (QED) is 0.624. The molecule has 0 atom stereocenters. The van der Waals surface area contributed by atoms with E-state index in [9.17, 15) is 4.79 Å². The zero-order chi connectivity index (χ0) is 20.1. The summed E-state index contributed by atoms with van der Waals surface area (Å²) in [4.78, 5) is 25.0. The molecule has 9 heteroatoms. The average Bonchev–Trinajstić information content (AvgIpc) is 3.27. The van der Waals surface area contributed by atoms with Crippen LogP contribution in [0.1, 0.15) is 12.3 Å². The predicted molar refractivity (Wildman–Crippen MR) is 105 cm³/mol. The molecule has 4 rings (SSSR count). The molecule has 3 heterocycles. The van der Waals surface area contributed by atoms with Crippen LogP contribution in [0.5, 0.6) is 5.75 Å². The van der Waals surface area contributed by atoms with Crippen LogP contribution in [0.4, 0.5) is 5.95 Å². The molecule has 29 heavy (non-hydrogen) atoms. The van der Waals surface area contributed by atoms with Gasteiger partial charge in [-0.25, -0.2) is 9.97 Å². The van der Waals surface area contributed by atoms with E-state index in [0.717, 1.165) is 24.4 Å². The first-order chi connectivity index (χ1) is 14.2. The fourth-order valence-electron chi connectivity index (χ4n) is 3.19. The summed E-state index contributed by atoms with van der Waals surface area (Å²) in [6.07, 6.45) is 4.21. The molecule has 0 saturated carbocycles. The molecule has 0 aliphatic carbocycles. The van der Waals surface area contributed by atoms with Crippen LogP contribution >= 0.6 is 0 Å². The van der Waals surface area contributed by atoms with Crippen LogP contribution in [-0.4, -0.2) is 64.3 Å². The first-order valence-electron chi connectivity index (χ1n) is 9.49. The summed E-state index contributed by atoms with van der Waals surface area (Å²) in [5.41, 5.74) is 0.815. The third kappa shape index (κ3) is 4.50. The summed E-state index contributed by atoms with van der Waals surface area (Å²) < 4.78 is 10.8. The highest BCUT2D eigenvalue weighted by atomic mass is 16.5. The van der Waals surface area contributed by atoms with Gasteiger partial charge in [-0.3, -0.25) is 4.79 Å². The highest BCUT2D eigenvalue weighted by Gasteiger charge is 2.22. The van der Waals surface area contributed by atoms with E-state index in [4.69, 9.17) is 9.15 Å². The molecule has 150 valence electrons. The predicted octanol–water partition coefficient (Wildman–Crippen LogP) is 1.82. The van der Waals surface area contributed by atoms with Gasteiger partial charge in [0.05, 0.1) is 7.11 Å². The summed E-state index contributed by atoms with van der Waals surface area (Å²) in [5.74, 6) is 2.45. The number of aromatic nitrogens is 4. The zero-order valence-corrected chi connectivity index (χ0v) is 16.2. The van der Waals surface area contributed by atoms with Gasteiger partial charge in [-0.1, -0.05) is 0 Å². The second-order valence-electron chi connectivity index (χ2n) is 6.65. The highest BCUT2D eigenvalue weighted by Crippen LogP contribution is 2.21. The third-order valence-corrected chi connectivity index (χ3v) is 4.82. The second-order valence-corrected chi connectivity index (χ2v) is 6.65. The van der Waals surface area contributed by atoms with Crippen molar-refractivity contribution in [3.63, 3.8) is 0 Å². The van der Waals surface area contributed by atoms with Crippen molar-refractivity contribution < 1.29 is 13.9 Å². The van der Waals surface area contributed by atoms with Crippen LogP contribution in [0.15, 0.2) is 47.1 Å².